The minimum atomic E-state index is 0.884. The van der Waals surface area contributed by atoms with Crippen molar-refractivity contribution in [2.75, 3.05) is 0 Å². The van der Waals surface area contributed by atoms with E-state index in [2.05, 4.69) is 33.8 Å². The molecule has 0 aromatic carbocycles. The summed E-state index contributed by atoms with van der Waals surface area (Å²) in [6, 6.07) is 0. The fraction of sp³-hybridized carbons (Fsp3) is 0.857. The van der Waals surface area contributed by atoms with Crippen molar-refractivity contribution in [3.8, 4) is 0 Å². The van der Waals surface area contributed by atoms with Crippen molar-refractivity contribution in [2.45, 2.75) is 72.6 Å². The second-order valence-corrected chi connectivity index (χ2v) is 4.64. The first-order valence-electron chi connectivity index (χ1n) is 6.36. The van der Waals surface area contributed by atoms with E-state index in [0.717, 1.165) is 5.92 Å². The summed E-state index contributed by atoms with van der Waals surface area (Å²) in [4.78, 5) is 0. The Morgan fingerprint density at radius 3 is 2.43 bits per heavy atom. The summed E-state index contributed by atoms with van der Waals surface area (Å²) >= 11 is 0. The molecule has 0 bridgehead atoms. The average molecular weight is 196 g/mol. The standard InChI is InChI=1S/C14H28/c1-5-7-9-11-14(4)12-13(3)10-8-6-2/h10,14H,5-9,11-12H2,1-4H3. The van der Waals surface area contributed by atoms with Gasteiger partial charge in [0.15, 0.2) is 0 Å². The van der Waals surface area contributed by atoms with Crippen LogP contribution in [0.3, 0.4) is 0 Å². The normalized spacial score (nSPS) is 14.4. The van der Waals surface area contributed by atoms with Crippen molar-refractivity contribution in [3.63, 3.8) is 0 Å². The van der Waals surface area contributed by atoms with Gasteiger partial charge in [0.1, 0.15) is 0 Å². The maximum atomic E-state index is 2.41. The van der Waals surface area contributed by atoms with E-state index in [-0.39, 0.29) is 0 Å². The van der Waals surface area contributed by atoms with E-state index in [4.69, 9.17) is 0 Å². The molecule has 0 radical (unpaired) electrons. The molecule has 0 amide bonds. The van der Waals surface area contributed by atoms with Gasteiger partial charge in [0, 0.05) is 0 Å². The Balaban J connectivity index is 3.54. The molecule has 0 saturated carbocycles. The molecule has 1 unspecified atom stereocenters. The molecule has 0 aliphatic rings. The molecular formula is C14H28. The molecule has 0 heterocycles. The molecule has 1 atom stereocenters. The van der Waals surface area contributed by atoms with Gasteiger partial charge in [-0.15, -0.1) is 0 Å². The van der Waals surface area contributed by atoms with Crippen LogP contribution in [-0.2, 0) is 0 Å². The first-order valence-corrected chi connectivity index (χ1v) is 6.36. The quantitative estimate of drug-likeness (QED) is 0.363. The SMILES string of the molecule is CCCC=C(C)CC(C)CCCCC. The molecular weight excluding hydrogens is 168 g/mol. The summed E-state index contributed by atoms with van der Waals surface area (Å²) in [6.45, 7) is 9.19. The van der Waals surface area contributed by atoms with E-state index < -0.39 is 0 Å². The first-order chi connectivity index (χ1) is 6.70. The predicted molar refractivity (Wildman–Crippen MR) is 66.6 cm³/mol. The highest BCUT2D eigenvalue weighted by Crippen LogP contribution is 2.18. The summed E-state index contributed by atoms with van der Waals surface area (Å²) in [5.41, 5.74) is 1.59. The molecule has 0 aromatic rings. The molecule has 0 spiro atoms. The summed E-state index contributed by atoms with van der Waals surface area (Å²) < 4.78 is 0. The van der Waals surface area contributed by atoms with Crippen LogP contribution in [-0.4, -0.2) is 0 Å². The molecule has 0 N–H and O–H groups in total. The maximum absolute atomic E-state index is 2.41. The molecule has 0 aliphatic heterocycles. The summed E-state index contributed by atoms with van der Waals surface area (Å²) in [7, 11) is 0. The lowest BCUT2D eigenvalue weighted by molar-refractivity contribution is 0.491. The van der Waals surface area contributed by atoms with Crippen LogP contribution < -0.4 is 0 Å². The molecule has 0 heteroatoms. The number of hydrogen-bond donors (Lipinski definition) is 0. The number of hydrogen-bond acceptors (Lipinski definition) is 0. The Labute approximate surface area is 90.8 Å². The predicted octanol–water partition coefficient (Wildman–Crippen LogP) is 5.34. The summed E-state index contributed by atoms with van der Waals surface area (Å²) in [6.07, 6.45) is 11.8. The minimum Gasteiger partial charge on any atom is -0.0856 e. The van der Waals surface area contributed by atoms with Gasteiger partial charge in [-0.25, -0.2) is 0 Å². The van der Waals surface area contributed by atoms with Crippen molar-refractivity contribution < 1.29 is 0 Å². The average Bonchev–Trinajstić information content (AvgIpc) is 2.15. The molecule has 0 nitrogen and oxygen atoms in total. The van der Waals surface area contributed by atoms with E-state index in [0.29, 0.717) is 0 Å². The highest BCUT2D eigenvalue weighted by atomic mass is 14.1. The zero-order valence-corrected chi connectivity index (χ0v) is 10.6. The Morgan fingerprint density at radius 2 is 1.86 bits per heavy atom. The van der Waals surface area contributed by atoms with E-state index >= 15 is 0 Å². The van der Waals surface area contributed by atoms with Gasteiger partial charge in [-0.2, -0.15) is 0 Å². The topological polar surface area (TPSA) is 0 Å². The number of unbranched alkanes of at least 4 members (excludes halogenated alkanes) is 3. The second kappa shape index (κ2) is 9.30. The van der Waals surface area contributed by atoms with Crippen LogP contribution in [0, 0.1) is 5.92 Å². The van der Waals surface area contributed by atoms with Crippen molar-refractivity contribution in [1.29, 1.82) is 0 Å². The van der Waals surface area contributed by atoms with Crippen LogP contribution in [0.2, 0.25) is 0 Å². The Hall–Kier alpha value is -0.260. The van der Waals surface area contributed by atoms with Crippen LogP contribution in [0.4, 0.5) is 0 Å². The molecule has 14 heavy (non-hydrogen) atoms. The minimum absolute atomic E-state index is 0.884. The van der Waals surface area contributed by atoms with E-state index in [1.165, 1.54) is 44.9 Å². The summed E-state index contributed by atoms with van der Waals surface area (Å²) in [5, 5.41) is 0. The van der Waals surface area contributed by atoms with Gasteiger partial charge in [-0.05, 0) is 25.7 Å². The fourth-order valence-electron chi connectivity index (χ4n) is 1.87. The molecule has 0 fully saturated rings. The van der Waals surface area contributed by atoms with Gasteiger partial charge < -0.3 is 0 Å². The van der Waals surface area contributed by atoms with Crippen LogP contribution in [0.15, 0.2) is 11.6 Å². The zero-order chi connectivity index (χ0) is 10.8. The van der Waals surface area contributed by atoms with Crippen LogP contribution in [0.25, 0.3) is 0 Å². The van der Waals surface area contributed by atoms with Crippen LogP contribution in [0.1, 0.15) is 72.6 Å². The molecule has 0 aromatic heterocycles. The van der Waals surface area contributed by atoms with Crippen LogP contribution >= 0.6 is 0 Å². The lowest BCUT2D eigenvalue weighted by Gasteiger charge is -2.11. The smallest absolute Gasteiger partial charge is 0.0297 e. The Bertz CT molecular complexity index is 144. The van der Waals surface area contributed by atoms with Crippen molar-refractivity contribution in [1.82, 2.24) is 0 Å². The second-order valence-electron chi connectivity index (χ2n) is 4.64. The fourth-order valence-corrected chi connectivity index (χ4v) is 1.87. The van der Waals surface area contributed by atoms with Gasteiger partial charge in [-0.1, -0.05) is 64.5 Å². The van der Waals surface area contributed by atoms with Gasteiger partial charge in [0.05, 0.1) is 0 Å². The zero-order valence-electron chi connectivity index (χ0n) is 10.6. The lowest BCUT2D eigenvalue weighted by atomic mass is 9.95. The third-order valence-electron chi connectivity index (χ3n) is 2.75. The third kappa shape index (κ3) is 8.34. The largest absolute Gasteiger partial charge is 0.0856 e. The van der Waals surface area contributed by atoms with Gasteiger partial charge >= 0.3 is 0 Å². The van der Waals surface area contributed by atoms with Gasteiger partial charge in [0.2, 0.25) is 0 Å². The Morgan fingerprint density at radius 1 is 1.14 bits per heavy atom. The monoisotopic (exact) mass is 196 g/mol. The highest BCUT2D eigenvalue weighted by molar-refractivity contribution is 4.98. The maximum Gasteiger partial charge on any atom is -0.0297 e. The van der Waals surface area contributed by atoms with E-state index in [1.54, 1.807) is 5.57 Å². The molecule has 84 valence electrons. The first kappa shape index (κ1) is 13.7. The van der Waals surface area contributed by atoms with Crippen LogP contribution in [0.5, 0.6) is 0 Å². The van der Waals surface area contributed by atoms with E-state index in [1.807, 2.05) is 0 Å². The van der Waals surface area contributed by atoms with Gasteiger partial charge in [0.25, 0.3) is 0 Å². The van der Waals surface area contributed by atoms with E-state index in [9.17, 15) is 0 Å². The number of rotatable bonds is 8. The molecule has 0 rings (SSSR count). The highest BCUT2D eigenvalue weighted by Gasteiger charge is 2.02. The molecule has 0 aliphatic carbocycles. The summed E-state index contributed by atoms with van der Waals surface area (Å²) in [5.74, 6) is 0.884. The Kier molecular flexibility index (Phi) is 9.13. The van der Waals surface area contributed by atoms with Crippen molar-refractivity contribution in [2.24, 2.45) is 5.92 Å². The third-order valence-corrected chi connectivity index (χ3v) is 2.75. The molecule has 0 saturated heterocycles. The number of allylic oxidation sites excluding steroid dienone is 2. The van der Waals surface area contributed by atoms with Crippen molar-refractivity contribution in [3.05, 3.63) is 11.6 Å². The lowest BCUT2D eigenvalue weighted by Crippen LogP contribution is -1.95. The van der Waals surface area contributed by atoms with Gasteiger partial charge in [-0.3, -0.25) is 0 Å². The van der Waals surface area contributed by atoms with Crippen molar-refractivity contribution >= 4 is 0 Å².